The Labute approximate surface area is 116 Å². The van der Waals surface area contributed by atoms with E-state index in [4.69, 9.17) is 23.7 Å². The summed E-state index contributed by atoms with van der Waals surface area (Å²) in [6.07, 6.45) is -2.91. The molecule has 0 amide bonds. The van der Waals surface area contributed by atoms with Gasteiger partial charge in [0.1, 0.15) is 18.3 Å². The van der Waals surface area contributed by atoms with Gasteiger partial charge in [-0.25, -0.2) is 0 Å². The summed E-state index contributed by atoms with van der Waals surface area (Å²) in [6.45, 7) is 7.53. The normalized spacial score (nSPS) is 45.5. The second-order valence-electron chi connectivity index (χ2n) is 6.21. The van der Waals surface area contributed by atoms with E-state index in [0.717, 1.165) is 0 Å². The SMILES string of the molecule is CC1(C)O[C@H]([C@@H]2OC2[N+](=O)[O-])[C@@H]([C@H]2COC(C)(C)O2)O1. The number of hydrogen-bond donors (Lipinski definition) is 0. The molecule has 0 N–H and O–H groups in total. The van der Waals surface area contributed by atoms with Crippen LogP contribution in [-0.2, 0) is 23.7 Å². The van der Waals surface area contributed by atoms with Gasteiger partial charge >= 0.3 is 6.23 Å². The summed E-state index contributed by atoms with van der Waals surface area (Å²) in [5, 5.41) is 10.7. The van der Waals surface area contributed by atoms with Crippen LogP contribution in [0, 0.1) is 10.1 Å². The third kappa shape index (κ3) is 2.53. The van der Waals surface area contributed by atoms with Gasteiger partial charge in [-0.05, 0) is 27.7 Å². The number of hydrogen-bond acceptors (Lipinski definition) is 7. The van der Waals surface area contributed by atoms with Gasteiger partial charge in [0.15, 0.2) is 17.7 Å². The van der Waals surface area contributed by atoms with Crippen LogP contribution in [0.4, 0.5) is 0 Å². The van der Waals surface area contributed by atoms with Crippen molar-refractivity contribution in [3.05, 3.63) is 10.1 Å². The molecule has 0 spiro atoms. The van der Waals surface area contributed by atoms with E-state index in [1.54, 1.807) is 13.8 Å². The molecule has 0 bridgehead atoms. The Morgan fingerprint density at radius 2 is 1.65 bits per heavy atom. The highest BCUT2D eigenvalue weighted by Crippen LogP contribution is 2.42. The van der Waals surface area contributed by atoms with Crippen molar-refractivity contribution in [2.45, 2.75) is 69.9 Å². The van der Waals surface area contributed by atoms with E-state index < -0.39 is 41.0 Å². The Bertz CT molecular complexity index is 424. The fraction of sp³-hybridized carbons (Fsp3) is 1.00. The topological polar surface area (TPSA) is 92.6 Å². The van der Waals surface area contributed by atoms with Gasteiger partial charge in [-0.1, -0.05) is 0 Å². The van der Waals surface area contributed by atoms with Gasteiger partial charge in [-0.2, -0.15) is 0 Å². The molecule has 3 heterocycles. The molecular weight excluding hydrogens is 270 g/mol. The molecule has 3 aliphatic rings. The predicted octanol–water partition coefficient (Wildman–Crippen LogP) is 0.660. The highest BCUT2D eigenvalue weighted by atomic mass is 16.8. The first-order valence-electron chi connectivity index (χ1n) is 6.65. The molecular formula is C12H19NO7. The third-order valence-electron chi connectivity index (χ3n) is 3.59. The van der Waals surface area contributed by atoms with Crippen molar-refractivity contribution in [2.24, 2.45) is 0 Å². The lowest BCUT2D eigenvalue weighted by Crippen LogP contribution is -2.41. The molecule has 0 aromatic heterocycles. The van der Waals surface area contributed by atoms with Crippen molar-refractivity contribution in [2.75, 3.05) is 6.61 Å². The minimum atomic E-state index is -1.02. The first-order valence-corrected chi connectivity index (χ1v) is 6.65. The number of nitrogens with zero attached hydrogens (tertiary/aromatic N) is 1. The monoisotopic (exact) mass is 289 g/mol. The van der Waals surface area contributed by atoms with Crippen molar-refractivity contribution < 1.29 is 28.6 Å². The summed E-state index contributed by atoms with van der Waals surface area (Å²) in [5.41, 5.74) is 0. The summed E-state index contributed by atoms with van der Waals surface area (Å²) in [7, 11) is 0. The highest BCUT2D eigenvalue weighted by molar-refractivity contribution is 4.99. The average molecular weight is 289 g/mol. The molecule has 5 atom stereocenters. The Morgan fingerprint density at radius 1 is 1.00 bits per heavy atom. The van der Waals surface area contributed by atoms with Crippen LogP contribution in [0.25, 0.3) is 0 Å². The molecule has 114 valence electrons. The molecule has 1 unspecified atom stereocenters. The molecule has 20 heavy (non-hydrogen) atoms. The van der Waals surface area contributed by atoms with E-state index in [0.29, 0.717) is 6.61 Å². The van der Waals surface area contributed by atoms with Gasteiger partial charge in [0.05, 0.1) is 11.5 Å². The van der Waals surface area contributed by atoms with Crippen LogP contribution in [0.3, 0.4) is 0 Å². The van der Waals surface area contributed by atoms with Gasteiger partial charge < -0.3 is 18.9 Å². The summed E-state index contributed by atoms with van der Waals surface area (Å²) in [4.78, 5) is 10.3. The fourth-order valence-electron chi connectivity index (χ4n) is 2.76. The largest absolute Gasteiger partial charge is 0.348 e. The average Bonchev–Trinajstić information content (AvgIpc) is 2.94. The summed E-state index contributed by atoms with van der Waals surface area (Å²) < 4.78 is 28.0. The minimum absolute atomic E-state index is 0.326. The van der Waals surface area contributed by atoms with Crippen LogP contribution in [0.5, 0.6) is 0 Å². The Kier molecular flexibility index (Phi) is 3.07. The van der Waals surface area contributed by atoms with E-state index in [1.165, 1.54) is 0 Å². The highest BCUT2D eigenvalue weighted by Gasteiger charge is 2.64. The number of rotatable bonds is 3. The maximum Gasteiger partial charge on any atom is 0.345 e. The maximum absolute atomic E-state index is 10.7. The number of ether oxygens (including phenoxy) is 5. The second-order valence-corrected chi connectivity index (χ2v) is 6.21. The Balaban J connectivity index is 1.73. The molecule has 3 rings (SSSR count). The quantitative estimate of drug-likeness (QED) is 0.428. The van der Waals surface area contributed by atoms with Crippen LogP contribution in [0.2, 0.25) is 0 Å². The molecule has 0 aromatic rings. The zero-order valence-electron chi connectivity index (χ0n) is 11.9. The zero-order chi connectivity index (χ0) is 14.7. The fourth-order valence-corrected chi connectivity index (χ4v) is 2.76. The van der Waals surface area contributed by atoms with Crippen molar-refractivity contribution in [3.8, 4) is 0 Å². The standard InChI is InChI=1S/C12H19NO7/c1-11(2)16-5-6(18-11)7-8(20-12(3,4)19-7)9-10(17-9)13(14)15/h6-10H,5H2,1-4H3/t6-,7-,8+,9+,10?/m1/s1. The lowest BCUT2D eigenvalue weighted by atomic mass is 10.1. The van der Waals surface area contributed by atoms with E-state index >= 15 is 0 Å². The molecule has 3 fully saturated rings. The van der Waals surface area contributed by atoms with Crippen molar-refractivity contribution in [1.82, 2.24) is 0 Å². The number of nitro groups is 1. The summed E-state index contributed by atoms with van der Waals surface area (Å²) in [5.74, 6) is -1.50. The van der Waals surface area contributed by atoms with Gasteiger partial charge in [-0.3, -0.25) is 14.9 Å². The predicted molar refractivity (Wildman–Crippen MR) is 64.4 cm³/mol. The molecule has 3 saturated heterocycles. The van der Waals surface area contributed by atoms with Gasteiger partial charge in [-0.15, -0.1) is 0 Å². The second kappa shape index (κ2) is 4.35. The van der Waals surface area contributed by atoms with Crippen LogP contribution in [-0.4, -0.2) is 53.7 Å². The molecule has 3 aliphatic heterocycles. The van der Waals surface area contributed by atoms with Crippen LogP contribution in [0.1, 0.15) is 27.7 Å². The summed E-state index contributed by atoms with van der Waals surface area (Å²) in [6, 6.07) is 0. The van der Waals surface area contributed by atoms with Crippen LogP contribution >= 0.6 is 0 Å². The zero-order valence-corrected chi connectivity index (χ0v) is 11.9. The van der Waals surface area contributed by atoms with Crippen LogP contribution in [0.15, 0.2) is 0 Å². The van der Waals surface area contributed by atoms with E-state index in [1.807, 2.05) is 13.8 Å². The molecule has 0 radical (unpaired) electrons. The first-order chi connectivity index (χ1) is 9.19. The van der Waals surface area contributed by atoms with Gasteiger partial charge in [0.2, 0.25) is 0 Å². The van der Waals surface area contributed by atoms with E-state index in [9.17, 15) is 10.1 Å². The first kappa shape index (κ1) is 14.2. The maximum atomic E-state index is 10.7. The Hall–Kier alpha value is -0.800. The lowest BCUT2D eigenvalue weighted by molar-refractivity contribution is -0.516. The van der Waals surface area contributed by atoms with Crippen LogP contribution < -0.4 is 0 Å². The lowest BCUT2D eigenvalue weighted by Gasteiger charge is -2.23. The van der Waals surface area contributed by atoms with Gasteiger partial charge in [0, 0.05) is 0 Å². The molecule has 8 heteroatoms. The minimum Gasteiger partial charge on any atom is -0.348 e. The Morgan fingerprint density at radius 3 is 2.15 bits per heavy atom. The van der Waals surface area contributed by atoms with E-state index in [-0.39, 0.29) is 6.10 Å². The molecule has 0 aromatic carbocycles. The van der Waals surface area contributed by atoms with Crippen molar-refractivity contribution in [1.29, 1.82) is 0 Å². The smallest absolute Gasteiger partial charge is 0.345 e. The molecule has 0 aliphatic carbocycles. The van der Waals surface area contributed by atoms with E-state index in [2.05, 4.69) is 0 Å². The molecule has 8 nitrogen and oxygen atoms in total. The number of epoxide rings is 1. The van der Waals surface area contributed by atoms with Gasteiger partial charge in [0.25, 0.3) is 0 Å². The van der Waals surface area contributed by atoms with Crippen molar-refractivity contribution in [3.63, 3.8) is 0 Å². The molecule has 0 saturated carbocycles. The van der Waals surface area contributed by atoms with Crippen molar-refractivity contribution >= 4 is 0 Å². The summed E-state index contributed by atoms with van der Waals surface area (Å²) >= 11 is 0. The third-order valence-corrected chi connectivity index (χ3v) is 3.59.